The zero-order valence-electron chi connectivity index (χ0n) is 13.7. The number of hydrogen-bond acceptors (Lipinski definition) is 3. The first-order valence-electron chi connectivity index (χ1n) is 7.94. The van der Waals surface area contributed by atoms with E-state index >= 15 is 0 Å². The van der Waals surface area contributed by atoms with Gasteiger partial charge in [0, 0.05) is 43.7 Å². The van der Waals surface area contributed by atoms with Crippen LogP contribution in [0, 0.1) is 0 Å². The lowest BCUT2D eigenvalue weighted by atomic mass is 10.2. The third kappa shape index (κ3) is 4.73. The van der Waals surface area contributed by atoms with Gasteiger partial charge >= 0.3 is 11.7 Å². The van der Waals surface area contributed by atoms with Gasteiger partial charge in [-0.25, -0.2) is 0 Å². The Morgan fingerprint density at radius 2 is 1.65 bits per heavy atom. The summed E-state index contributed by atoms with van der Waals surface area (Å²) in [7, 11) is 0. The van der Waals surface area contributed by atoms with Gasteiger partial charge < -0.3 is 10.1 Å². The van der Waals surface area contributed by atoms with Crippen molar-refractivity contribution in [3.8, 4) is 5.75 Å². The van der Waals surface area contributed by atoms with Crippen LogP contribution in [0.4, 0.5) is 5.69 Å². The van der Waals surface area contributed by atoms with Gasteiger partial charge in [0.15, 0.2) is 0 Å². The predicted octanol–water partition coefficient (Wildman–Crippen LogP) is 5.97. The second-order valence-corrected chi connectivity index (χ2v) is 6.98. The van der Waals surface area contributed by atoms with Crippen LogP contribution < -0.4 is 10.1 Å². The number of ether oxygens (including phenoxy) is 1. The molecule has 0 bridgehead atoms. The van der Waals surface area contributed by atoms with Crippen molar-refractivity contribution in [2.75, 3.05) is 5.32 Å². The normalized spacial score (nSPS) is 10.4. The first-order valence-corrected chi connectivity index (χ1v) is 9.44. The molecule has 3 aromatic carbocycles. The fraction of sp³-hybridized carbons (Fsp3) is 0.100. The van der Waals surface area contributed by atoms with E-state index in [0.29, 0.717) is 38.9 Å². The summed E-state index contributed by atoms with van der Waals surface area (Å²) >= 11 is 12.8. The van der Waals surface area contributed by atoms with E-state index in [9.17, 15) is 4.21 Å². The third-order valence-electron chi connectivity index (χ3n) is 3.82. The summed E-state index contributed by atoms with van der Waals surface area (Å²) in [4.78, 5) is 0.663. The smallest absolute Gasteiger partial charge is 0.489 e. The van der Waals surface area contributed by atoms with E-state index in [1.54, 1.807) is 30.3 Å². The number of anilines is 1. The maximum Gasteiger partial charge on any atom is 0.505 e. The topological polar surface area (TPSA) is 38.3 Å². The molecule has 3 rings (SSSR count). The largest absolute Gasteiger partial charge is 0.505 e. The van der Waals surface area contributed by atoms with Gasteiger partial charge in [-0.15, -0.1) is 0 Å². The summed E-state index contributed by atoms with van der Waals surface area (Å²) in [6, 6.07) is 20.6. The van der Waals surface area contributed by atoms with Gasteiger partial charge in [0.05, 0.1) is 0 Å². The van der Waals surface area contributed by atoms with Gasteiger partial charge in [0.2, 0.25) is 0 Å². The Hall–Kier alpha value is -2.14. The Kier molecular flexibility index (Phi) is 6.45. The van der Waals surface area contributed by atoms with Gasteiger partial charge in [-0.3, -0.25) is 0 Å². The van der Waals surface area contributed by atoms with Crippen LogP contribution in [-0.2, 0) is 29.0 Å². The Bertz CT molecular complexity index is 883. The highest BCUT2D eigenvalue weighted by atomic mass is 35.5. The minimum atomic E-state index is 0.258. The Morgan fingerprint density at radius 1 is 0.923 bits per heavy atom. The number of halogens is 2. The molecule has 0 unspecified atom stereocenters. The van der Waals surface area contributed by atoms with Crippen molar-refractivity contribution in [2.45, 2.75) is 18.0 Å². The molecule has 0 spiro atoms. The molecular weight excluding hydrogens is 389 g/mol. The van der Waals surface area contributed by atoms with E-state index in [2.05, 4.69) is 5.32 Å². The summed E-state index contributed by atoms with van der Waals surface area (Å²) in [6.07, 6.45) is 0. The minimum absolute atomic E-state index is 0.258. The van der Waals surface area contributed by atoms with E-state index in [4.69, 9.17) is 27.9 Å². The maximum atomic E-state index is 11.4. The van der Waals surface area contributed by atoms with Crippen molar-refractivity contribution in [3.63, 3.8) is 0 Å². The van der Waals surface area contributed by atoms with Crippen molar-refractivity contribution in [1.29, 1.82) is 0 Å². The molecule has 0 aliphatic rings. The lowest BCUT2D eigenvalue weighted by Gasteiger charge is -2.11. The van der Waals surface area contributed by atoms with Crippen LogP contribution in [0.5, 0.6) is 5.75 Å². The zero-order chi connectivity index (χ0) is 18.4. The van der Waals surface area contributed by atoms with Crippen LogP contribution in [-0.4, -0.2) is 0 Å². The fourth-order valence-corrected chi connectivity index (χ4v) is 3.31. The van der Waals surface area contributed by atoms with E-state index in [1.165, 1.54) is 0 Å². The van der Waals surface area contributed by atoms with Crippen molar-refractivity contribution in [3.05, 3.63) is 87.9 Å². The molecule has 0 radical (unpaired) electrons. The fourth-order valence-electron chi connectivity index (χ4n) is 2.44. The highest BCUT2D eigenvalue weighted by Gasteiger charge is 2.16. The average molecular weight is 405 g/mol. The lowest BCUT2D eigenvalue weighted by molar-refractivity contribution is 0.306. The minimum Gasteiger partial charge on any atom is -0.489 e. The SMILES string of the molecule is O=[S+]c1ccc(OCc2c(Cl)cccc2Cl)cc1CNc1ccccc1. The monoisotopic (exact) mass is 404 g/mol. The average Bonchev–Trinajstić information content (AvgIpc) is 2.67. The molecule has 0 aromatic heterocycles. The van der Waals surface area contributed by atoms with E-state index in [1.807, 2.05) is 36.4 Å². The molecular formula is C20H16Cl2NO2S+. The van der Waals surface area contributed by atoms with E-state index in [-0.39, 0.29) is 6.61 Å². The van der Waals surface area contributed by atoms with E-state index < -0.39 is 0 Å². The Balaban J connectivity index is 1.73. The summed E-state index contributed by atoms with van der Waals surface area (Å²) in [6.45, 7) is 0.784. The molecule has 0 saturated carbocycles. The van der Waals surface area contributed by atoms with Crippen LogP contribution in [0.2, 0.25) is 10.0 Å². The van der Waals surface area contributed by atoms with Gasteiger partial charge in [0.25, 0.3) is 4.90 Å². The highest BCUT2D eigenvalue weighted by Crippen LogP contribution is 2.27. The molecule has 0 amide bonds. The quantitative estimate of drug-likeness (QED) is 0.492. The molecule has 3 nitrogen and oxygen atoms in total. The molecule has 0 saturated heterocycles. The number of rotatable bonds is 7. The molecule has 132 valence electrons. The predicted molar refractivity (Wildman–Crippen MR) is 107 cm³/mol. The molecule has 0 heterocycles. The van der Waals surface area contributed by atoms with Crippen LogP contribution in [0.3, 0.4) is 0 Å². The van der Waals surface area contributed by atoms with Crippen LogP contribution in [0.1, 0.15) is 11.1 Å². The van der Waals surface area contributed by atoms with Crippen molar-refractivity contribution in [2.24, 2.45) is 0 Å². The Morgan fingerprint density at radius 3 is 2.35 bits per heavy atom. The number of benzene rings is 3. The summed E-state index contributed by atoms with van der Waals surface area (Å²) < 4.78 is 17.2. The second kappa shape index (κ2) is 8.99. The van der Waals surface area contributed by atoms with Gasteiger partial charge in [-0.1, -0.05) is 47.5 Å². The molecule has 6 heteroatoms. The van der Waals surface area contributed by atoms with Gasteiger partial charge in [-0.2, -0.15) is 0 Å². The first-order chi connectivity index (χ1) is 12.7. The van der Waals surface area contributed by atoms with Crippen LogP contribution >= 0.6 is 23.2 Å². The second-order valence-electron chi connectivity index (χ2n) is 5.56. The third-order valence-corrected chi connectivity index (χ3v) is 5.11. The number of hydrogen-bond donors (Lipinski definition) is 1. The van der Waals surface area contributed by atoms with Gasteiger partial charge in [-0.05, 0) is 36.4 Å². The van der Waals surface area contributed by atoms with Crippen molar-refractivity contribution >= 4 is 40.6 Å². The van der Waals surface area contributed by atoms with Crippen LogP contribution in [0.15, 0.2) is 71.6 Å². The molecule has 1 N–H and O–H groups in total. The lowest BCUT2D eigenvalue weighted by Crippen LogP contribution is -2.03. The Labute approximate surface area is 166 Å². The summed E-state index contributed by atoms with van der Waals surface area (Å²) in [5.74, 6) is 0.656. The molecule has 26 heavy (non-hydrogen) atoms. The summed E-state index contributed by atoms with van der Waals surface area (Å²) in [5.41, 5.74) is 2.60. The molecule has 0 aliphatic carbocycles. The standard InChI is InChI=1S/C20H16Cl2NO2S/c21-18-7-4-8-19(22)17(18)13-25-16-9-10-20(26-24)14(11-16)12-23-15-5-2-1-3-6-15/h1-11,23H,12-13H2/q+1. The number of nitrogens with one attached hydrogen (secondary N) is 1. The molecule has 3 aromatic rings. The maximum absolute atomic E-state index is 11.4. The van der Waals surface area contributed by atoms with Gasteiger partial charge in [0.1, 0.15) is 12.4 Å². The van der Waals surface area contributed by atoms with Crippen LogP contribution in [0.25, 0.3) is 0 Å². The first kappa shape index (κ1) is 18.6. The molecule has 0 fully saturated rings. The number of para-hydroxylation sites is 1. The molecule has 0 atom stereocenters. The van der Waals surface area contributed by atoms with Crippen molar-refractivity contribution < 1.29 is 8.95 Å². The van der Waals surface area contributed by atoms with E-state index in [0.717, 1.165) is 16.8 Å². The zero-order valence-corrected chi connectivity index (χ0v) is 16.1. The van der Waals surface area contributed by atoms with Crippen molar-refractivity contribution in [1.82, 2.24) is 0 Å². The summed E-state index contributed by atoms with van der Waals surface area (Å²) in [5, 5.41) is 4.43. The molecule has 0 aliphatic heterocycles. The highest BCUT2D eigenvalue weighted by molar-refractivity contribution is 7.65.